The molecule has 7 nitrogen and oxygen atoms in total. The Kier molecular flexibility index (Phi) is 6.66. The van der Waals surface area contributed by atoms with Crippen LogP contribution in [0.15, 0.2) is 72.8 Å². The number of aromatic amines is 1. The lowest BCUT2D eigenvalue weighted by Gasteiger charge is -2.41. The lowest BCUT2D eigenvalue weighted by atomic mass is 9.88. The molecular weight excluding hydrogens is 500 g/mol. The van der Waals surface area contributed by atoms with Crippen LogP contribution >= 0.6 is 11.6 Å². The van der Waals surface area contributed by atoms with Gasteiger partial charge in [-0.3, -0.25) is 19.7 Å². The van der Waals surface area contributed by atoms with Gasteiger partial charge in [0, 0.05) is 40.3 Å². The average Bonchev–Trinajstić information content (AvgIpc) is 3.72. The number of aromatic nitrogens is 1. The fourth-order valence-corrected chi connectivity index (χ4v) is 5.81. The van der Waals surface area contributed by atoms with E-state index in [4.69, 9.17) is 16.8 Å². The lowest BCUT2D eigenvalue weighted by Crippen LogP contribution is -2.52. The highest BCUT2D eigenvalue weighted by Crippen LogP contribution is 2.50. The standard InChI is InChI=1S/C30H29ClN4O3/c31-22-13-7-19(8-14-22)17-35-26(30(37)32-16-18-5-9-21(10-6-18)29(36)34-38)15-24-23-3-1-2-4-25(23)33-27(24)28(35)20-11-12-20/h1-10,13-14,20,26,28,33,38H,11-12,15-17H2,(H,32,37)(H,34,36)/t26-,28+/m0/s1. The van der Waals surface area contributed by atoms with Crippen LogP contribution in [0.2, 0.25) is 5.02 Å². The van der Waals surface area contributed by atoms with Crippen molar-refractivity contribution in [3.05, 3.63) is 106 Å². The number of halogens is 1. The molecule has 4 N–H and O–H groups in total. The van der Waals surface area contributed by atoms with Crippen molar-refractivity contribution in [2.75, 3.05) is 0 Å². The molecule has 0 spiro atoms. The van der Waals surface area contributed by atoms with Crippen LogP contribution in [0.4, 0.5) is 0 Å². The molecule has 2 atom stereocenters. The summed E-state index contributed by atoms with van der Waals surface area (Å²) in [5, 5.41) is 13.9. The van der Waals surface area contributed by atoms with Crippen molar-refractivity contribution in [2.24, 2.45) is 5.92 Å². The van der Waals surface area contributed by atoms with E-state index < -0.39 is 5.91 Å². The molecule has 1 aromatic heterocycles. The Morgan fingerprint density at radius 2 is 1.68 bits per heavy atom. The molecule has 0 bridgehead atoms. The van der Waals surface area contributed by atoms with Crippen molar-refractivity contribution in [3.63, 3.8) is 0 Å². The Balaban J connectivity index is 1.31. The number of carbonyl (C=O) groups excluding carboxylic acids is 2. The van der Waals surface area contributed by atoms with Gasteiger partial charge in [0.15, 0.2) is 0 Å². The second-order valence-corrected chi connectivity index (χ2v) is 10.7. The number of carbonyl (C=O) groups is 2. The molecule has 2 heterocycles. The Morgan fingerprint density at radius 3 is 2.39 bits per heavy atom. The van der Waals surface area contributed by atoms with Crippen LogP contribution in [0.5, 0.6) is 0 Å². The summed E-state index contributed by atoms with van der Waals surface area (Å²) in [5.41, 5.74) is 7.57. The summed E-state index contributed by atoms with van der Waals surface area (Å²) < 4.78 is 0. The number of hydroxylamine groups is 1. The summed E-state index contributed by atoms with van der Waals surface area (Å²) in [7, 11) is 0. The second kappa shape index (κ2) is 10.3. The van der Waals surface area contributed by atoms with Gasteiger partial charge in [-0.15, -0.1) is 0 Å². The molecule has 194 valence electrons. The first-order chi connectivity index (χ1) is 18.5. The van der Waals surface area contributed by atoms with Crippen molar-refractivity contribution in [1.82, 2.24) is 20.7 Å². The number of benzene rings is 3. The van der Waals surface area contributed by atoms with Crippen molar-refractivity contribution in [3.8, 4) is 0 Å². The maximum absolute atomic E-state index is 13.8. The molecule has 38 heavy (non-hydrogen) atoms. The van der Waals surface area contributed by atoms with E-state index in [1.54, 1.807) is 29.7 Å². The largest absolute Gasteiger partial charge is 0.357 e. The Morgan fingerprint density at radius 1 is 0.974 bits per heavy atom. The van der Waals surface area contributed by atoms with E-state index >= 15 is 0 Å². The Hall–Kier alpha value is -3.65. The molecule has 0 radical (unpaired) electrons. The van der Waals surface area contributed by atoms with Crippen LogP contribution in [0.1, 0.15) is 51.6 Å². The van der Waals surface area contributed by atoms with Crippen LogP contribution < -0.4 is 10.8 Å². The molecule has 8 heteroatoms. The monoisotopic (exact) mass is 528 g/mol. The van der Waals surface area contributed by atoms with Gasteiger partial charge in [0.05, 0.1) is 12.1 Å². The third-order valence-corrected chi connectivity index (χ3v) is 7.98. The number of nitrogens with one attached hydrogen (secondary N) is 3. The molecule has 0 unspecified atom stereocenters. The molecule has 1 fully saturated rings. The van der Waals surface area contributed by atoms with Gasteiger partial charge < -0.3 is 10.3 Å². The maximum atomic E-state index is 13.8. The summed E-state index contributed by atoms with van der Waals surface area (Å²) in [5.74, 6) is -0.0751. The molecule has 1 aliphatic heterocycles. The first-order valence-corrected chi connectivity index (χ1v) is 13.3. The zero-order chi connectivity index (χ0) is 26.2. The van der Waals surface area contributed by atoms with Gasteiger partial charge in [-0.2, -0.15) is 0 Å². The molecule has 4 aromatic rings. The number of rotatable bonds is 7. The Labute approximate surface area is 225 Å². The first-order valence-electron chi connectivity index (χ1n) is 12.9. The molecule has 0 saturated heterocycles. The number of amides is 2. The number of hydrogen-bond acceptors (Lipinski definition) is 4. The highest BCUT2D eigenvalue weighted by Gasteiger charge is 2.46. The van der Waals surface area contributed by atoms with Gasteiger partial charge in [0.2, 0.25) is 5.91 Å². The number of hydrogen-bond donors (Lipinski definition) is 4. The van der Waals surface area contributed by atoms with Gasteiger partial charge in [-0.05, 0) is 72.2 Å². The summed E-state index contributed by atoms with van der Waals surface area (Å²) in [4.78, 5) is 31.5. The summed E-state index contributed by atoms with van der Waals surface area (Å²) in [6.45, 7) is 0.996. The van der Waals surface area contributed by atoms with E-state index in [9.17, 15) is 9.59 Å². The number of fused-ring (bicyclic) bond motifs is 3. The first kappa shape index (κ1) is 24.7. The van der Waals surface area contributed by atoms with Crippen molar-refractivity contribution in [1.29, 1.82) is 0 Å². The van der Waals surface area contributed by atoms with Crippen LogP contribution in [-0.2, 0) is 24.3 Å². The minimum Gasteiger partial charge on any atom is -0.357 e. The van der Waals surface area contributed by atoms with E-state index in [1.807, 2.05) is 30.3 Å². The number of nitrogens with zero attached hydrogens (tertiary/aromatic N) is 1. The molecular formula is C30H29ClN4O3. The summed E-state index contributed by atoms with van der Waals surface area (Å²) in [6, 6.07) is 22.8. The molecule has 3 aromatic carbocycles. The molecule has 2 amide bonds. The van der Waals surface area contributed by atoms with E-state index in [0.717, 1.165) is 29.5 Å². The highest BCUT2D eigenvalue weighted by atomic mass is 35.5. The van der Waals surface area contributed by atoms with Gasteiger partial charge in [0.25, 0.3) is 5.91 Å². The van der Waals surface area contributed by atoms with Crippen LogP contribution in [0.3, 0.4) is 0 Å². The van der Waals surface area contributed by atoms with Crippen LogP contribution in [0.25, 0.3) is 10.9 Å². The SMILES string of the molecule is O=C(NO)c1ccc(CNC(=O)[C@@H]2Cc3c([nH]c4ccccc34)[C@@H](C3CC3)N2Cc2ccc(Cl)cc2)cc1. The third kappa shape index (κ3) is 4.80. The lowest BCUT2D eigenvalue weighted by molar-refractivity contribution is -0.128. The van der Waals surface area contributed by atoms with E-state index in [2.05, 4.69) is 33.4 Å². The van der Waals surface area contributed by atoms with Gasteiger partial charge in [-0.1, -0.05) is 54.1 Å². The van der Waals surface area contributed by atoms with Crippen molar-refractivity contribution in [2.45, 2.75) is 44.4 Å². The summed E-state index contributed by atoms with van der Waals surface area (Å²) >= 11 is 6.15. The predicted molar refractivity (Wildman–Crippen MR) is 146 cm³/mol. The highest BCUT2D eigenvalue weighted by molar-refractivity contribution is 6.30. The molecule has 2 aliphatic rings. The molecule has 6 rings (SSSR count). The number of para-hydroxylation sites is 1. The normalized spacial score (nSPS) is 19.2. The van der Waals surface area contributed by atoms with Crippen LogP contribution in [0, 0.1) is 5.92 Å². The fraction of sp³-hybridized carbons (Fsp3) is 0.267. The van der Waals surface area contributed by atoms with E-state index in [1.165, 1.54) is 16.6 Å². The molecule has 1 aliphatic carbocycles. The zero-order valence-electron chi connectivity index (χ0n) is 20.8. The minimum atomic E-state index is -0.568. The second-order valence-electron chi connectivity index (χ2n) is 10.2. The smallest absolute Gasteiger partial charge is 0.274 e. The van der Waals surface area contributed by atoms with Gasteiger partial charge >= 0.3 is 0 Å². The Bertz CT molecular complexity index is 1480. The quantitative estimate of drug-likeness (QED) is 0.197. The van der Waals surface area contributed by atoms with Crippen LogP contribution in [-0.4, -0.2) is 32.9 Å². The number of H-pyrrole nitrogens is 1. The fourth-order valence-electron chi connectivity index (χ4n) is 5.68. The van der Waals surface area contributed by atoms with Gasteiger partial charge in [0.1, 0.15) is 0 Å². The maximum Gasteiger partial charge on any atom is 0.274 e. The van der Waals surface area contributed by atoms with Crippen molar-refractivity contribution >= 4 is 34.3 Å². The average molecular weight is 529 g/mol. The van der Waals surface area contributed by atoms with Crippen molar-refractivity contribution < 1.29 is 14.8 Å². The summed E-state index contributed by atoms with van der Waals surface area (Å²) in [6.07, 6.45) is 2.93. The van der Waals surface area contributed by atoms with E-state index in [0.29, 0.717) is 36.0 Å². The van der Waals surface area contributed by atoms with Gasteiger partial charge in [-0.25, -0.2) is 5.48 Å². The topological polar surface area (TPSA) is 97.5 Å². The third-order valence-electron chi connectivity index (χ3n) is 7.73. The van der Waals surface area contributed by atoms with E-state index in [-0.39, 0.29) is 18.0 Å². The zero-order valence-corrected chi connectivity index (χ0v) is 21.5. The predicted octanol–water partition coefficient (Wildman–Crippen LogP) is 5.13. The molecule has 1 saturated carbocycles. The minimum absolute atomic E-state index is 0.0160.